The van der Waals surface area contributed by atoms with Crippen LogP contribution in [0.15, 0.2) is 30.3 Å². The highest BCUT2D eigenvalue weighted by molar-refractivity contribution is 6.06. The third-order valence-corrected chi connectivity index (χ3v) is 7.69. The van der Waals surface area contributed by atoms with Crippen LogP contribution in [0.25, 0.3) is 0 Å². The van der Waals surface area contributed by atoms with Crippen molar-refractivity contribution < 1.29 is 14.7 Å². The maximum absolute atomic E-state index is 13.4. The Balaban J connectivity index is 1.71. The number of hydrogen-bond donors (Lipinski definition) is 1. The van der Waals surface area contributed by atoms with E-state index in [0.717, 1.165) is 31.2 Å². The van der Waals surface area contributed by atoms with E-state index in [1.807, 2.05) is 44.2 Å². The first-order valence-corrected chi connectivity index (χ1v) is 10.6. The number of rotatable bonds is 6. The molecule has 1 N–H and O–H groups in total. The Kier molecular flexibility index (Phi) is 4.87. The van der Waals surface area contributed by atoms with E-state index in [4.69, 9.17) is 0 Å². The number of aliphatic hydroxyl groups is 1. The number of likely N-dealkylation sites (tertiary alicyclic amines) is 1. The topological polar surface area (TPSA) is 57.6 Å². The highest BCUT2D eigenvalue weighted by Crippen LogP contribution is 2.53. The van der Waals surface area contributed by atoms with E-state index in [-0.39, 0.29) is 23.7 Å². The molecule has 1 saturated heterocycles. The van der Waals surface area contributed by atoms with Crippen LogP contribution in [-0.4, -0.2) is 33.5 Å². The third kappa shape index (κ3) is 2.93. The Hall–Kier alpha value is -1.68. The lowest BCUT2D eigenvalue weighted by Gasteiger charge is -2.42. The van der Waals surface area contributed by atoms with Crippen LogP contribution in [0.2, 0.25) is 0 Å². The Bertz CT molecular complexity index is 674. The molecule has 0 spiro atoms. The molecule has 1 aromatic rings. The van der Waals surface area contributed by atoms with E-state index in [9.17, 15) is 14.7 Å². The van der Waals surface area contributed by atoms with Crippen molar-refractivity contribution >= 4 is 11.8 Å². The van der Waals surface area contributed by atoms with E-state index in [2.05, 4.69) is 0 Å². The molecule has 27 heavy (non-hydrogen) atoms. The van der Waals surface area contributed by atoms with Gasteiger partial charge in [0.15, 0.2) is 0 Å². The average Bonchev–Trinajstić information content (AvgIpc) is 3.00. The predicted octanol–water partition coefficient (Wildman–Crippen LogP) is 3.57. The number of amides is 2. The Morgan fingerprint density at radius 1 is 0.963 bits per heavy atom. The minimum absolute atomic E-state index is 0.0133. The van der Waals surface area contributed by atoms with Crippen LogP contribution in [0.3, 0.4) is 0 Å². The zero-order chi connectivity index (χ0) is 19.2. The minimum atomic E-state index is -1.05. The van der Waals surface area contributed by atoms with E-state index < -0.39 is 11.6 Å². The highest BCUT2D eigenvalue weighted by Gasteiger charge is 2.60. The predicted molar refractivity (Wildman–Crippen MR) is 104 cm³/mol. The SMILES string of the molecule is CCC(O)(CC)[C@H](Cc1ccccc1)N1C(=O)C2C3CCC(CC3)C2C1=O. The second-order valence-corrected chi connectivity index (χ2v) is 8.79. The first kappa shape index (κ1) is 18.7. The van der Waals surface area contributed by atoms with Crippen LogP contribution in [0.5, 0.6) is 0 Å². The summed E-state index contributed by atoms with van der Waals surface area (Å²) in [6, 6.07) is 9.44. The third-order valence-electron chi connectivity index (χ3n) is 7.69. The molecular weight excluding hydrogens is 338 g/mol. The molecule has 2 unspecified atom stereocenters. The first-order valence-electron chi connectivity index (χ1n) is 10.6. The quantitative estimate of drug-likeness (QED) is 0.780. The molecule has 1 aromatic carbocycles. The van der Waals surface area contributed by atoms with Gasteiger partial charge in [-0.2, -0.15) is 0 Å². The fourth-order valence-corrected chi connectivity index (χ4v) is 5.98. The normalized spacial score (nSPS) is 31.3. The first-order chi connectivity index (χ1) is 13.0. The van der Waals surface area contributed by atoms with Crippen molar-refractivity contribution in [1.82, 2.24) is 4.90 Å². The molecular formula is C23H31NO3. The summed E-state index contributed by atoms with van der Waals surface area (Å²) in [5.41, 5.74) is 0.00882. The van der Waals surface area contributed by atoms with Crippen LogP contribution in [0.4, 0.5) is 0 Å². The zero-order valence-electron chi connectivity index (χ0n) is 16.4. The van der Waals surface area contributed by atoms with E-state index in [1.54, 1.807) is 0 Å². The fourth-order valence-electron chi connectivity index (χ4n) is 5.98. The van der Waals surface area contributed by atoms with Crippen molar-refractivity contribution in [3.05, 3.63) is 35.9 Å². The highest BCUT2D eigenvalue weighted by atomic mass is 16.3. The van der Waals surface area contributed by atoms with Gasteiger partial charge in [-0.3, -0.25) is 14.5 Å². The largest absolute Gasteiger partial charge is 0.388 e. The van der Waals surface area contributed by atoms with Crippen LogP contribution in [0, 0.1) is 23.7 Å². The van der Waals surface area contributed by atoms with Crippen LogP contribution in [-0.2, 0) is 16.0 Å². The van der Waals surface area contributed by atoms with Crippen molar-refractivity contribution in [2.24, 2.45) is 23.7 Å². The molecule has 3 atom stereocenters. The van der Waals surface area contributed by atoms with Gasteiger partial charge in [0.25, 0.3) is 0 Å². The monoisotopic (exact) mass is 369 g/mol. The number of carbonyl (C=O) groups is 2. The maximum atomic E-state index is 13.4. The van der Waals surface area contributed by atoms with Gasteiger partial charge in [-0.25, -0.2) is 0 Å². The Morgan fingerprint density at radius 2 is 1.44 bits per heavy atom. The average molecular weight is 370 g/mol. The molecule has 1 aliphatic heterocycles. The van der Waals surface area contributed by atoms with Gasteiger partial charge in [-0.15, -0.1) is 0 Å². The minimum Gasteiger partial charge on any atom is -0.388 e. The molecule has 4 nitrogen and oxygen atoms in total. The number of nitrogens with zero attached hydrogens (tertiary/aromatic N) is 1. The van der Waals surface area contributed by atoms with Gasteiger partial charge >= 0.3 is 0 Å². The molecule has 146 valence electrons. The summed E-state index contributed by atoms with van der Waals surface area (Å²) in [5.74, 6) is 0.411. The number of benzene rings is 1. The summed E-state index contributed by atoms with van der Waals surface area (Å²) < 4.78 is 0. The second kappa shape index (κ2) is 7.05. The van der Waals surface area contributed by atoms with Crippen molar-refractivity contribution in [1.29, 1.82) is 0 Å². The molecule has 1 heterocycles. The summed E-state index contributed by atoms with van der Waals surface area (Å²) >= 11 is 0. The molecule has 3 aliphatic carbocycles. The summed E-state index contributed by atoms with van der Waals surface area (Å²) in [6.45, 7) is 3.90. The molecule has 4 heteroatoms. The summed E-state index contributed by atoms with van der Waals surface area (Å²) in [6.07, 6.45) is 5.88. The Morgan fingerprint density at radius 3 is 1.89 bits per heavy atom. The summed E-state index contributed by atoms with van der Waals surface area (Å²) in [7, 11) is 0. The van der Waals surface area contributed by atoms with Gasteiger partial charge in [-0.1, -0.05) is 44.2 Å². The molecule has 4 fully saturated rings. The molecule has 0 radical (unpaired) electrons. The summed E-state index contributed by atoms with van der Waals surface area (Å²) in [5, 5.41) is 11.4. The smallest absolute Gasteiger partial charge is 0.233 e. The molecule has 0 aromatic heterocycles. The van der Waals surface area contributed by atoms with Crippen molar-refractivity contribution in [2.75, 3.05) is 0 Å². The van der Waals surface area contributed by atoms with Gasteiger partial charge in [-0.05, 0) is 62.3 Å². The van der Waals surface area contributed by atoms with E-state index >= 15 is 0 Å². The number of carbonyl (C=O) groups excluding carboxylic acids is 2. The molecule has 2 bridgehead atoms. The lowest BCUT2D eigenvalue weighted by molar-refractivity contribution is -0.151. The van der Waals surface area contributed by atoms with Gasteiger partial charge in [0, 0.05) is 0 Å². The molecule has 5 rings (SSSR count). The number of hydrogen-bond acceptors (Lipinski definition) is 3. The standard InChI is InChI=1S/C23H31NO3/c1-3-23(27,4-2)18(14-15-8-6-5-7-9-15)24-21(25)19-16-10-11-17(13-12-16)20(19)22(24)26/h5-9,16-20,27H,3-4,10-14H2,1-2H3/t16?,17?,18-,19?,20?/m0/s1. The zero-order valence-corrected chi connectivity index (χ0v) is 16.4. The van der Waals surface area contributed by atoms with Gasteiger partial charge in [0.05, 0.1) is 23.5 Å². The van der Waals surface area contributed by atoms with Crippen molar-refractivity contribution in [3.63, 3.8) is 0 Å². The molecule has 2 amide bonds. The fraction of sp³-hybridized carbons (Fsp3) is 0.652. The summed E-state index contributed by atoms with van der Waals surface area (Å²) in [4.78, 5) is 28.4. The lowest BCUT2D eigenvalue weighted by atomic mass is 9.59. The van der Waals surface area contributed by atoms with E-state index in [0.29, 0.717) is 31.1 Å². The molecule has 4 aliphatic rings. The molecule has 3 saturated carbocycles. The van der Waals surface area contributed by atoms with Crippen LogP contribution in [0.1, 0.15) is 57.9 Å². The Labute approximate surface area is 161 Å². The lowest BCUT2D eigenvalue weighted by Crippen LogP contribution is -2.56. The van der Waals surface area contributed by atoms with Gasteiger partial charge in [0.1, 0.15) is 0 Å². The van der Waals surface area contributed by atoms with Gasteiger partial charge in [0.2, 0.25) is 11.8 Å². The van der Waals surface area contributed by atoms with Crippen LogP contribution < -0.4 is 0 Å². The maximum Gasteiger partial charge on any atom is 0.233 e. The van der Waals surface area contributed by atoms with Crippen molar-refractivity contribution in [2.45, 2.75) is 70.4 Å². The number of imide groups is 1. The second-order valence-electron chi connectivity index (χ2n) is 8.79. The van der Waals surface area contributed by atoms with E-state index in [1.165, 1.54) is 4.90 Å². The van der Waals surface area contributed by atoms with Crippen LogP contribution >= 0.6 is 0 Å². The number of fused-ring (bicyclic) bond motifs is 2. The van der Waals surface area contributed by atoms with Crippen molar-refractivity contribution in [3.8, 4) is 0 Å². The van der Waals surface area contributed by atoms with Gasteiger partial charge < -0.3 is 5.11 Å².